The molecule has 6 heteroatoms. The first kappa shape index (κ1) is 54.6. The monoisotopic (exact) mass is 792 g/mol. The molecule has 2 unspecified atom stereocenters. The maximum atomic E-state index is 12.4. The molecule has 0 heterocycles. The maximum absolute atomic E-state index is 12.4. The van der Waals surface area contributed by atoms with Crippen LogP contribution >= 0.6 is 0 Å². The smallest absolute Gasteiger partial charge is 0.305 e. The van der Waals surface area contributed by atoms with E-state index in [-0.39, 0.29) is 18.5 Å². The molecule has 0 aromatic heterocycles. The molecular weight excluding hydrogens is 695 g/mol. The molecule has 56 heavy (non-hydrogen) atoms. The van der Waals surface area contributed by atoms with Crippen LogP contribution in [0.25, 0.3) is 0 Å². The third kappa shape index (κ3) is 42.2. The van der Waals surface area contributed by atoms with Crippen molar-refractivity contribution >= 4 is 11.9 Å². The lowest BCUT2D eigenvalue weighted by Crippen LogP contribution is -2.45. The van der Waals surface area contributed by atoms with Crippen LogP contribution in [0.3, 0.4) is 0 Å². The molecule has 0 aliphatic heterocycles. The van der Waals surface area contributed by atoms with Gasteiger partial charge in [-0.05, 0) is 32.1 Å². The lowest BCUT2D eigenvalue weighted by Gasteiger charge is -2.20. The minimum atomic E-state index is -0.852. The molecule has 0 radical (unpaired) electrons. The van der Waals surface area contributed by atoms with Gasteiger partial charge in [0.25, 0.3) is 0 Å². The molecule has 3 N–H and O–H groups in total. The van der Waals surface area contributed by atoms with Crippen molar-refractivity contribution < 1.29 is 24.5 Å². The number of esters is 1. The summed E-state index contributed by atoms with van der Waals surface area (Å²) in [6.07, 6.45) is 52.0. The van der Waals surface area contributed by atoms with Gasteiger partial charge in [-0.3, -0.25) is 9.59 Å². The molecule has 0 aliphatic rings. The Kier molecular flexibility index (Phi) is 45.1. The van der Waals surface area contributed by atoms with Crippen LogP contribution in [0.2, 0.25) is 0 Å². The van der Waals surface area contributed by atoms with Gasteiger partial charge in [0.1, 0.15) is 0 Å². The number of allylic oxidation sites excluding steroid dienone is 1. The van der Waals surface area contributed by atoms with Gasteiger partial charge in [-0.15, -0.1) is 0 Å². The van der Waals surface area contributed by atoms with E-state index in [2.05, 4.69) is 19.2 Å². The number of ether oxygens (including phenoxy) is 1. The lowest BCUT2D eigenvalue weighted by molar-refractivity contribution is -0.143. The molecule has 0 bridgehead atoms. The molecule has 2 atom stereocenters. The van der Waals surface area contributed by atoms with E-state index in [1.807, 2.05) is 6.08 Å². The van der Waals surface area contributed by atoms with Crippen molar-refractivity contribution in [3.8, 4) is 0 Å². The van der Waals surface area contributed by atoms with Crippen LogP contribution in [0, 0.1) is 0 Å². The molecular formula is C50H97NO5. The number of hydrogen-bond donors (Lipinski definition) is 3. The van der Waals surface area contributed by atoms with Gasteiger partial charge in [-0.1, -0.05) is 238 Å². The van der Waals surface area contributed by atoms with Crippen molar-refractivity contribution in [1.82, 2.24) is 5.32 Å². The standard InChI is InChI=1S/C50H97NO5/c1-3-5-7-9-11-13-15-17-19-22-26-30-34-38-42-48(53)47(46-52)51-49(54)43-39-35-31-27-23-20-21-25-29-33-37-41-45-56-50(55)44-40-36-32-28-24-18-16-14-12-10-8-6-4-2/h38,42,47-48,52-53H,3-37,39-41,43-46H2,1-2H3,(H,51,54)/b42-38+. The minimum Gasteiger partial charge on any atom is -0.466 e. The molecule has 0 aromatic rings. The number of hydrogen-bond acceptors (Lipinski definition) is 5. The summed E-state index contributed by atoms with van der Waals surface area (Å²) in [5, 5.41) is 23.0. The molecule has 0 aromatic carbocycles. The Morgan fingerprint density at radius 3 is 1.21 bits per heavy atom. The Bertz CT molecular complexity index is 832. The van der Waals surface area contributed by atoms with Crippen LogP contribution in [0.5, 0.6) is 0 Å². The van der Waals surface area contributed by atoms with Crippen LogP contribution in [0.15, 0.2) is 12.2 Å². The topological polar surface area (TPSA) is 95.9 Å². The zero-order valence-electron chi connectivity index (χ0n) is 37.6. The number of carbonyl (C=O) groups excluding carboxylic acids is 2. The number of aliphatic hydroxyl groups excluding tert-OH is 2. The first-order chi connectivity index (χ1) is 27.5. The Morgan fingerprint density at radius 1 is 0.482 bits per heavy atom. The summed E-state index contributed by atoms with van der Waals surface area (Å²) in [5.74, 6) is -0.0921. The van der Waals surface area contributed by atoms with Gasteiger partial charge in [-0.25, -0.2) is 0 Å². The molecule has 0 rings (SSSR count). The van der Waals surface area contributed by atoms with E-state index in [4.69, 9.17) is 4.74 Å². The van der Waals surface area contributed by atoms with Crippen LogP contribution in [-0.4, -0.2) is 47.4 Å². The number of unbranched alkanes of at least 4 members (excludes halogenated alkanes) is 35. The molecule has 1 amide bonds. The first-order valence-electron chi connectivity index (χ1n) is 25.0. The van der Waals surface area contributed by atoms with Crippen molar-refractivity contribution in [2.24, 2.45) is 0 Å². The van der Waals surface area contributed by atoms with E-state index >= 15 is 0 Å². The summed E-state index contributed by atoms with van der Waals surface area (Å²) < 4.78 is 5.45. The summed E-state index contributed by atoms with van der Waals surface area (Å²) in [5.41, 5.74) is 0. The highest BCUT2D eigenvalue weighted by atomic mass is 16.5. The Labute approximate surface area is 349 Å². The second-order valence-corrected chi connectivity index (χ2v) is 17.2. The maximum Gasteiger partial charge on any atom is 0.305 e. The van der Waals surface area contributed by atoms with Crippen LogP contribution in [0.1, 0.15) is 271 Å². The van der Waals surface area contributed by atoms with Gasteiger partial charge < -0.3 is 20.3 Å². The van der Waals surface area contributed by atoms with E-state index in [0.29, 0.717) is 19.4 Å². The zero-order valence-corrected chi connectivity index (χ0v) is 37.6. The molecule has 0 saturated carbocycles. The van der Waals surface area contributed by atoms with Crippen molar-refractivity contribution in [2.75, 3.05) is 13.2 Å². The van der Waals surface area contributed by atoms with E-state index in [0.717, 1.165) is 57.8 Å². The second-order valence-electron chi connectivity index (χ2n) is 17.2. The van der Waals surface area contributed by atoms with E-state index in [1.54, 1.807) is 6.08 Å². The Hall–Kier alpha value is -1.40. The number of amides is 1. The largest absolute Gasteiger partial charge is 0.466 e. The van der Waals surface area contributed by atoms with Crippen molar-refractivity contribution in [1.29, 1.82) is 0 Å². The minimum absolute atomic E-state index is 0.00934. The summed E-state index contributed by atoms with van der Waals surface area (Å²) in [6, 6.07) is -0.637. The van der Waals surface area contributed by atoms with Gasteiger partial charge in [0.15, 0.2) is 0 Å². The molecule has 6 nitrogen and oxygen atoms in total. The number of nitrogens with one attached hydrogen (secondary N) is 1. The second kappa shape index (κ2) is 46.3. The third-order valence-electron chi connectivity index (χ3n) is 11.6. The highest BCUT2D eigenvalue weighted by Gasteiger charge is 2.18. The number of aliphatic hydroxyl groups is 2. The quantitative estimate of drug-likeness (QED) is 0.0324. The van der Waals surface area contributed by atoms with Gasteiger partial charge in [-0.2, -0.15) is 0 Å². The summed E-state index contributed by atoms with van der Waals surface area (Å²) >= 11 is 0. The van der Waals surface area contributed by atoms with Gasteiger partial charge in [0.05, 0.1) is 25.4 Å². The fraction of sp³-hybridized carbons (Fsp3) is 0.920. The summed E-state index contributed by atoms with van der Waals surface area (Å²) in [6.45, 7) is 4.87. The van der Waals surface area contributed by atoms with E-state index in [1.165, 1.54) is 186 Å². The predicted octanol–water partition coefficient (Wildman–Crippen LogP) is 14.6. The number of carbonyl (C=O) groups is 2. The zero-order chi connectivity index (χ0) is 40.8. The van der Waals surface area contributed by atoms with E-state index < -0.39 is 12.1 Å². The highest BCUT2D eigenvalue weighted by Crippen LogP contribution is 2.16. The first-order valence-corrected chi connectivity index (χ1v) is 25.0. The van der Waals surface area contributed by atoms with Crippen molar-refractivity contribution in [3.63, 3.8) is 0 Å². The predicted molar refractivity (Wildman–Crippen MR) is 241 cm³/mol. The lowest BCUT2D eigenvalue weighted by atomic mass is 10.0. The van der Waals surface area contributed by atoms with Crippen LogP contribution in [-0.2, 0) is 14.3 Å². The van der Waals surface area contributed by atoms with Gasteiger partial charge in [0.2, 0.25) is 5.91 Å². The highest BCUT2D eigenvalue weighted by molar-refractivity contribution is 5.76. The van der Waals surface area contributed by atoms with Gasteiger partial charge in [0, 0.05) is 12.8 Å². The molecule has 0 spiro atoms. The average molecular weight is 792 g/mol. The van der Waals surface area contributed by atoms with Crippen LogP contribution < -0.4 is 5.32 Å². The van der Waals surface area contributed by atoms with Crippen molar-refractivity contribution in [2.45, 2.75) is 283 Å². The van der Waals surface area contributed by atoms with Gasteiger partial charge >= 0.3 is 5.97 Å². The fourth-order valence-electron chi connectivity index (χ4n) is 7.69. The SMILES string of the molecule is CCCCCCCCCCCCCC/C=C/C(O)C(CO)NC(=O)CCCCCCCCCCCCCCOC(=O)CCCCCCCCCCCCCCC. The fourth-order valence-corrected chi connectivity index (χ4v) is 7.69. The Balaban J connectivity index is 3.49. The summed E-state index contributed by atoms with van der Waals surface area (Å²) in [4.78, 5) is 24.4. The molecule has 0 aliphatic carbocycles. The van der Waals surface area contributed by atoms with Crippen LogP contribution in [0.4, 0.5) is 0 Å². The average Bonchev–Trinajstić information content (AvgIpc) is 3.20. The van der Waals surface area contributed by atoms with Crippen molar-refractivity contribution in [3.05, 3.63) is 12.2 Å². The molecule has 0 saturated heterocycles. The summed E-state index contributed by atoms with van der Waals surface area (Å²) in [7, 11) is 0. The molecule has 0 fully saturated rings. The third-order valence-corrected chi connectivity index (χ3v) is 11.6. The van der Waals surface area contributed by atoms with E-state index in [9.17, 15) is 19.8 Å². The number of rotatable bonds is 46. The molecule has 332 valence electrons. The Morgan fingerprint density at radius 2 is 0.821 bits per heavy atom. The normalized spacial score (nSPS) is 12.7.